The second kappa shape index (κ2) is 15.5. The molecule has 4 bridgehead atoms. The summed E-state index contributed by atoms with van der Waals surface area (Å²) in [6.45, 7) is 5.34. The highest BCUT2D eigenvalue weighted by atomic mass is 35.5. The van der Waals surface area contributed by atoms with Crippen LogP contribution >= 0.6 is 11.6 Å². The lowest BCUT2D eigenvalue weighted by molar-refractivity contribution is -0.383. The predicted octanol–water partition coefficient (Wildman–Crippen LogP) is 5.83. The van der Waals surface area contributed by atoms with E-state index in [0.717, 1.165) is 11.1 Å². The Morgan fingerprint density at radius 2 is 2.00 bits per heavy atom. The number of non-ortho nitro benzene ring substituents is 1. The maximum atomic E-state index is 14.2. The monoisotopic (exact) mass is 779 g/mol. The number of hydrogen-bond donors (Lipinski definition) is 3. The van der Waals surface area contributed by atoms with Crippen LogP contribution < -0.4 is 20.3 Å². The van der Waals surface area contributed by atoms with Gasteiger partial charge in [-0.05, 0) is 56.2 Å². The van der Waals surface area contributed by atoms with Crippen LogP contribution in [0, 0.1) is 16.0 Å². The minimum atomic E-state index is -1.86. The molecule has 2 saturated heterocycles. The molecule has 0 aliphatic carbocycles. The van der Waals surface area contributed by atoms with Crippen molar-refractivity contribution in [1.82, 2.24) is 10.3 Å². The number of benzene rings is 2. The van der Waals surface area contributed by atoms with Gasteiger partial charge in [-0.3, -0.25) is 30.5 Å². The van der Waals surface area contributed by atoms with Crippen LogP contribution in [0.4, 0.5) is 26.7 Å². The average Bonchev–Trinajstić information content (AvgIpc) is 3.84. The lowest BCUT2D eigenvalue weighted by Gasteiger charge is -2.42. The number of halogens is 1. The average molecular weight is 780 g/mol. The fourth-order valence-corrected chi connectivity index (χ4v) is 7.60. The van der Waals surface area contributed by atoms with Crippen molar-refractivity contribution in [3.05, 3.63) is 87.1 Å². The molecule has 55 heavy (non-hydrogen) atoms. The molecule has 0 spiro atoms. The van der Waals surface area contributed by atoms with Crippen LogP contribution in [0.5, 0.6) is 5.75 Å². The van der Waals surface area contributed by atoms with Crippen molar-refractivity contribution in [2.24, 2.45) is 5.92 Å². The van der Waals surface area contributed by atoms with E-state index in [1.807, 2.05) is 13.0 Å². The van der Waals surface area contributed by atoms with Crippen molar-refractivity contribution >= 4 is 57.7 Å². The number of aromatic nitrogens is 1. The maximum Gasteiger partial charge on any atom is 0.412 e. The number of rotatable bonds is 5. The SMILES string of the molecule is COc1cc2cc(c1Cl)N(C)C(=O)C[C@H](OC(=O)Nc1ccc([N+](=O)[O-])c3cccnc13)[C@]1(C)O[C@H]1[C@H](C)[C@@H]1C[C@@](O)(NC(=O)O1)[C@H](OC)/C=C/C=C(\C)C2. The molecule has 0 radical (unpaired) electrons. The number of methoxy groups -OCH3 is 2. The third-order valence-corrected chi connectivity index (χ3v) is 10.8. The summed E-state index contributed by atoms with van der Waals surface area (Å²) < 4.78 is 29.0. The van der Waals surface area contributed by atoms with Crippen LogP contribution in [0.25, 0.3) is 10.9 Å². The first-order chi connectivity index (χ1) is 26.1. The predicted molar refractivity (Wildman–Crippen MR) is 201 cm³/mol. The third kappa shape index (κ3) is 7.94. The van der Waals surface area contributed by atoms with Crippen LogP contribution in [-0.2, 0) is 30.2 Å². The van der Waals surface area contributed by atoms with E-state index in [4.69, 9.17) is 35.3 Å². The standard InChI is InChI=1S/C38H42ClN5O11/c1-20-9-7-11-29(52-6)38(48)19-28(53-36(47)42-38)21(2)34-37(3,55-34)30(18-31(45)43(4)26-16-22(15-20)17-27(51-5)32(26)39)54-35(46)41-24-12-13-25(44(49)50)23-10-8-14-40-33(23)24/h7-14,16-17,21,28-30,34,48H,15,18-19H2,1-6H3,(H,41,46)(H,42,47)/b11-7+,20-9+/t21-,28+,29-,30+,34+,37+,38+/m1/s1. The van der Waals surface area contributed by atoms with E-state index in [1.165, 1.54) is 49.6 Å². The van der Waals surface area contributed by atoms with Crippen molar-refractivity contribution in [1.29, 1.82) is 0 Å². The molecule has 3 aliphatic rings. The molecule has 6 rings (SSSR count). The molecule has 2 fully saturated rings. The van der Waals surface area contributed by atoms with E-state index in [2.05, 4.69) is 15.6 Å². The van der Waals surface area contributed by atoms with Crippen LogP contribution in [0.1, 0.15) is 39.2 Å². The first-order valence-electron chi connectivity index (χ1n) is 17.5. The van der Waals surface area contributed by atoms with Crippen molar-refractivity contribution in [3.8, 4) is 5.75 Å². The summed E-state index contributed by atoms with van der Waals surface area (Å²) in [6, 6.07) is 9.17. The summed E-state index contributed by atoms with van der Waals surface area (Å²) in [4.78, 5) is 57.4. The zero-order valence-electron chi connectivity index (χ0n) is 31.0. The quantitative estimate of drug-likeness (QED) is 0.159. The summed E-state index contributed by atoms with van der Waals surface area (Å²) in [5.74, 6) is -0.716. The summed E-state index contributed by atoms with van der Waals surface area (Å²) in [5.41, 5.74) is -1.01. The zero-order chi connectivity index (χ0) is 39.8. The number of nitro benzene ring substituents is 1. The van der Waals surface area contributed by atoms with Gasteiger partial charge in [0.1, 0.15) is 40.2 Å². The molecule has 17 heteroatoms. The number of amides is 3. The van der Waals surface area contributed by atoms with Gasteiger partial charge < -0.3 is 33.7 Å². The van der Waals surface area contributed by atoms with Gasteiger partial charge in [0.2, 0.25) is 5.91 Å². The van der Waals surface area contributed by atoms with Gasteiger partial charge in [0.05, 0.1) is 41.3 Å². The highest BCUT2D eigenvalue weighted by molar-refractivity contribution is 6.35. The molecule has 3 N–H and O–H groups in total. The number of nitro groups is 1. The van der Waals surface area contributed by atoms with Crippen molar-refractivity contribution < 1.29 is 48.1 Å². The van der Waals surface area contributed by atoms with E-state index < -0.39 is 64.7 Å². The normalized spacial score (nSPS) is 29.9. The van der Waals surface area contributed by atoms with Gasteiger partial charge in [0.25, 0.3) is 5.69 Å². The molecule has 0 saturated carbocycles. The molecule has 0 unspecified atom stereocenters. The van der Waals surface area contributed by atoms with Gasteiger partial charge in [0, 0.05) is 38.8 Å². The molecule has 4 heterocycles. The summed E-state index contributed by atoms with van der Waals surface area (Å²) in [6.07, 6.45) is 0.964. The number of allylic oxidation sites excluding steroid dienone is 3. The Kier molecular flexibility index (Phi) is 11.1. The van der Waals surface area contributed by atoms with E-state index in [0.29, 0.717) is 17.9 Å². The molecule has 292 valence electrons. The van der Waals surface area contributed by atoms with Gasteiger partial charge in [0.15, 0.2) is 5.72 Å². The molecule has 3 aliphatic heterocycles. The highest BCUT2D eigenvalue weighted by Gasteiger charge is 2.64. The molecule has 7 atom stereocenters. The Labute approximate surface area is 321 Å². The minimum absolute atomic E-state index is 0.0839. The van der Waals surface area contributed by atoms with Crippen LogP contribution in [0.3, 0.4) is 0 Å². The van der Waals surface area contributed by atoms with Gasteiger partial charge in [-0.15, -0.1) is 0 Å². The molecule has 1 aromatic heterocycles. The number of anilines is 2. The second-order valence-electron chi connectivity index (χ2n) is 14.1. The largest absolute Gasteiger partial charge is 0.495 e. The fraction of sp³-hybridized carbons (Fsp3) is 0.421. The van der Waals surface area contributed by atoms with Crippen molar-refractivity contribution in [2.45, 2.75) is 75.8 Å². The molecule has 3 amide bonds. The van der Waals surface area contributed by atoms with E-state index >= 15 is 0 Å². The topological polar surface area (TPSA) is 204 Å². The maximum absolute atomic E-state index is 14.2. The number of fused-ring (bicyclic) bond motifs is 6. The minimum Gasteiger partial charge on any atom is -0.495 e. The Morgan fingerprint density at radius 3 is 2.71 bits per heavy atom. The van der Waals surface area contributed by atoms with Crippen molar-refractivity contribution in [3.63, 3.8) is 0 Å². The number of carbonyl (C=O) groups excluding carboxylic acids is 3. The number of nitrogens with one attached hydrogen (secondary N) is 2. The molecular formula is C38H42ClN5O11. The number of ether oxygens (including phenoxy) is 5. The van der Waals surface area contributed by atoms with Gasteiger partial charge in [-0.1, -0.05) is 42.3 Å². The smallest absolute Gasteiger partial charge is 0.412 e. The van der Waals surface area contributed by atoms with E-state index in [-0.39, 0.29) is 40.1 Å². The van der Waals surface area contributed by atoms with Gasteiger partial charge in [-0.2, -0.15) is 0 Å². The van der Waals surface area contributed by atoms with Gasteiger partial charge in [-0.25, -0.2) is 9.59 Å². The lowest BCUT2D eigenvalue weighted by Crippen LogP contribution is -2.63. The van der Waals surface area contributed by atoms with Crippen molar-refractivity contribution in [2.75, 3.05) is 31.5 Å². The molecule has 2 aromatic carbocycles. The first kappa shape index (κ1) is 39.4. The fourth-order valence-electron chi connectivity index (χ4n) is 7.29. The Morgan fingerprint density at radius 1 is 1.24 bits per heavy atom. The van der Waals surface area contributed by atoms with E-state index in [9.17, 15) is 29.6 Å². The Balaban J connectivity index is 1.38. The number of pyridine rings is 1. The van der Waals surface area contributed by atoms with Crippen LogP contribution in [0.15, 0.2) is 66.4 Å². The number of nitrogens with zero attached hydrogens (tertiary/aromatic N) is 3. The van der Waals surface area contributed by atoms with E-state index in [1.54, 1.807) is 45.2 Å². The third-order valence-electron chi connectivity index (χ3n) is 10.4. The lowest BCUT2D eigenvalue weighted by atomic mass is 9.83. The molecule has 16 nitrogen and oxygen atoms in total. The number of carbonyl (C=O) groups is 3. The number of hydrogen-bond acceptors (Lipinski definition) is 12. The summed E-state index contributed by atoms with van der Waals surface area (Å²) >= 11 is 6.75. The highest BCUT2D eigenvalue weighted by Crippen LogP contribution is 2.49. The van der Waals surface area contributed by atoms with Crippen LogP contribution in [0.2, 0.25) is 5.02 Å². The molecule has 3 aromatic rings. The number of aliphatic hydroxyl groups is 1. The second-order valence-corrected chi connectivity index (χ2v) is 14.5. The molecular weight excluding hydrogens is 738 g/mol. The Bertz CT molecular complexity index is 2090. The van der Waals surface area contributed by atoms with Crippen LogP contribution in [-0.4, -0.2) is 90.1 Å². The summed E-state index contributed by atoms with van der Waals surface area (Å²) in [7, 11) is 4.43. The van der Waals surface area contributed by atoms with Gasteiger partial charge >= 0.3 is 12.2 Å². The number of epoxide rings is 1. The zero-order valence-corrected chi connectivity index (χ0v) is 31.8. The first-order valence-corrected chi connectivity index (χ1v) is 17.8. The summed E-state index contributed by atoms with van der Waals surface area (Å²) in [5, 5.41) is 28.9. The number of alkyl carbamates (subject to hydrolysis) is 1. The Hall–Kier alpha value is -5.29.